The Kier molecular flexibility index (Phi) is 4.97. The maximum Gasteiger partial charge on any atom is 0.329 e. The minimum absolute atomic E-state index is 0.230. The lowest BCUT2D eigenvalue weighted by atomic mass is 9.98. The van der Waals surface area contributed by atoms with Gasteiger partial charge in [-0.05, 0) is 56.0 Å². The third kappa shape index (κ3) is 3.59. The third-order valence-electron chi connectivity index (χ3n) is 6.48. The van der Waals surface area contributed by atoms with Gasteiger partial charge in [0.05, 0.1) is 17.2 Å². The number of hydrogen-bond acceptors (Lipinski definition) is 5. The fourth-order valence-electron chi connectivity index (χ4n) is 4.71. The summed E-state index contributed by atoms with van der Waals surface area (Å²) in [6.07, 6.45) is 6.80. The monoisotopic (exact) mass is 422 g/mol. The van der Waals surface area contributed by atoms with E-state index in [0.717, 1.165) is 49.1 Å². The van der Waals surface area contributed by atoms with Crippen molar-refractivity contribution in [1.29, 1.82) is 0 Å². The van der Waals surface area contributed by atoms with E-state index >= 15 is 0 Å². The van der Waals surface area contributed by atoms with Gasteiger partial charge >= 0.3 is 5.69 Å². The number of imidazole rings is 1. The average molecular weight is 422 g/mol. The normalized spacial score (nSPS) is 20.4. The smallest absolute Gasteiger partial charge is 0.317 e. The number of carbonyl (C=O) groups is 2. The number of aromatic nitrogens is 4. The van der Waals surface area contributed by atoms with Crippen molar-refractivity contribution >= 4 is 22.8 Å². The minimum Gasteiger partial charge on any atom is -0.317 e. The molecule has 4 heterocycles. The van der Waals surface area contributed by atoms with E-state index in [4.69, 9.17) is 0 Å². The van der Waals surface area contributed by atoms with Crippen LogP contribution >= 0.6 is 0 Å². The second-order valence-electron chi connectivity index (χ2n) is 8.53. The van der Waals surface area contributed by atoms with E-state index in [9.17, 15) is 14.4 Å². The van der Waals surface area contributed by atoms with E-state index in [2.05, 4.69) is 21.9 Å². The van der Waals surface area contributed by atoms with Crippen LogP contribution in [-0.4, -0.2) is 43.8 Å². The highest BCUT2D eigenvalue weighted by atomic mass is 16.2. The molecular formula is C22H26N6O3. The van der Waals surface area contributed by atoms with Gasteiger partial charge in [-0.2, -0.15) is 5.10 Å². The molecule has 3 aromatic rings. The molecule has 162 valence electrons. The number of carbonyl (C=O) groups excluding carboxylic acids is 2. The third-order valence-corrected chi connectivity index (χ3v) is 6.48. The molecule has 2 aliphatic heterocycles. The second kappa shape index (κ2) is 7.81. The maximum atomic E-state index is 12.9. The van der Waals surface area contributed by atoms with Crippen LogP contribution in [0.2, 0.25) is 0 Å². The molecule has 2 fully saturated rings. The van der Waals surface area contributed by atoms with Crippen molar-refractivity contribution in [1.82, 2.24) is 29.5 Å². The number of rotatable bonds is 4. The predicted octanol–water partition coefficient (Wildman–Crippen LogP) is 1.18. The molecule has 0 radical (unpaired) electrons. The predicted molar refractivity (Wildman–Crippen MR) is 115 cm³/mol. The van der Waals surface area contributed by atoms with Gasteiger partial charge in [0.25, 0.3) is 0 Å². The van der Waals surface area contributed by atoms with Crippen LogP contribution in [0.4, 0.5) is 0 Å². The van der Waals surface area contributed by atoms with Gasteiger partial charge in [-0.15, -0.1) is 0 Å². The van der Waals surface area contributed by atoms with Crippen LogP contribution in [0.25, 0.3) is 22.2 Å². The van der Waals surface area contributed by atoms with Gasteiger partial charge in [-0.3, -0.25) is 28.7 Å². The molecule has 1 aromatic carbocycles. The van der Waals surface area contributed by atoms with Crippen LogP contribution in [-0.2, 0) is 23.2 Å². The molecule has 2 amide bonds. The number of amides is 2. The molecule has 5 rings (SSSR count). The lowest BCUT2D eigenvalue weighted by molar-refractivity contribution is -0.135. The van der Waals surface area contributed by atoms with Crippen LogP contribution in [0.15, 0.2) is 35.4 Å². The number of fused-ring (bicyclic) bond motifs is 1. The van der Waals surface area contributed by atoms with Crippen molar-refractivity contribution < 1.29 is 9.59 Å². The summed E-state index contributed by atoms with van der Waals surface area (Å²) in [4.78, 5) is 36.8. The van der Waals surface area contributed by atoms with Crippen LogP contribution in [0, 0.1) is 5.92 Å². The number of benzene rings is 1. The molecule has 2 saturated heterocycles. The highest BCUT2D eigenvalue weighted by Crippen LogP contribution is 2.27. The maximum absolute atomic E-state index is 12.9. The summed E-state index contributed by atoms with van der Waals surface area (Å²) in [5, 5.41) is 10.3. The van der Waals surface area contributed by atoms with Crippen LogP contribution in [0.1, 0.15) is 31.7 Å². The Balaban J connectivity index is 1.46. The van der Waals surface area contributed by atoms with E-state index in [1.54, 1.807) is 11.6 Å². The zero-order chi connectivity index (χ0) is 21.5. The fourth-order valence-corrected chi connectivity index (χ4v) is 4.71. The largest absolute Gasteiger partial charge is 0.329 e. The Morgan fingerprint density at radius 3 is 2.65 bits per heavy atom. The summed E-state index contributed by atoms with van der Waals surface area (Å²) in [6, 6.07) is 5.12. The second-order valence-corrected chi connectivity index (χ2v) is 8.53. The van der Waals surface area contributed by atoms with Crippen molar-refractivity contribution in [2.75, 3.05) is 13.1 Å². The average Bonchev–Trinajstić information content (AvgIpc) is 3.32. The van der Waals surface area contributed by atoms with Gasteiger partial charge in [-0.25, -0.2) is 4.79 Å². The van der Waals surface area contributed by atoms with Crippen molar-refractivity contribution in [3.05, 3.63) is 41.1 Å². The van der Waals surface area contributed by atoms with Gasteiger partial charge in [0.2, 0.25) is 11.8 Å². The topological polar surface area (TPSA) is 103 Å². The fraction of sp³-hybridized carbons (Fsp3) is 0.455. The van der Waals surface area contributed by atoms with Gasteiger partial charge in [0, 0.05) is 31.8 Å². The zero-order valence-corrected chi connectivity index (χ0v) is 17.5. The molecule has 1 atom stereocenters. The summed E-state index contributed by atoms with van der Waals surface area (Å²) in [6.45, 7) is 3.04. The van der Waals surface area contributed by atoms with Crippen LogP contribution in [0.3, 0.4) is 0 Å². The standard InChI is InChI=1S/C22H26N6O3/c1-26-19-10-15(16-11-24-27(13-16)12-14-6-8-23-9-7-14)2-3-17(19)28(22(26)31)18-4-5-20(29)25-21(18)30/h2-3,10-11,13-14,18,23H,4-9,12H2,1H3,(H,25,29,30). The highest BCUT2D eigenvalue weighted by molar-refractivity contribution is 6.00. The molecule has 31 heavy (non-hydrogen) atoms. The van der Waals surface area contributed by atoms with E-state index in [1.165, 1.54) is 4.57 Å². The number of hydrogen-bond donors (Lipinski definition) is 2. The molecule has 0 spiro atoms. The molecule has 0 aliphatic carbocycles. The summed E-state index contributed by atoms with van der Waals surface area (Å²) in [5.41, 5.74) is 3.14. The van der Waals surface area contributed by atoms with Crippen LogP contribution in [0.5, 0.6) is 0 Å². The molecule has 0 saturated carbocycles. The summed E-state index contributed by atoms with van der Waals surface area (Å²) in [5.74, 6) is -0.0766. The first-order valence-corrected chi connectivity index (χ1v) is 10.8. The number of piperidine rings is 2. The quantitative estimate of drug-likeness (QED) is 0.615. The molecule has 2 aliphatic rings. The van der Waals surface area contributed by atoms with Crippen molar-refractivity contribution in [3.8, 4) is 11.1 Å². The summed E-state index contributed by atoms with van der Waals surface area (Å²) < 4.78 is 5.06. The number of nitrogens with zero attached hydrogens (tertiary/aromatic N) is 4. The molecule has 9 heteroatoms. The Hall–Kier alpha value is -3.20. The molecule has 9 nitrogen and oxygen atoms in total. The lowest BCUT2D eigenvalue weighted by Crippen LogP contribution is -2.44. The van der Waals surface area contributed by atoms with Crippen molar-refractivity contribution in [2.24, 2.45) is 13.0 Å². The molecule has 0 bridgehead atoms. The first-order valence-electron chi connectivity index (χ1n) is 10.8. The summed E-state index contributed by atoms with van der Waals surface area (Å²) >= 11 is 0. The van der Waals surface area contributed by atoms with Crippen LogP contribution < -0.4 is 16.3 Å². The number of nitrogens with one attached hydrogen (secondary N) is 2. The molecule has 2 aromatic heterocycles. The zero-order valence-electron chi connectivity index (χ0n) is 17.5. The Morgan fingerprint density at radius 1 is 1.06 bits per heavy atom. The molecule has 1 unspecified atom stereocenters. The Morgan fingerprint density at radius 2 is 1.87 bits per heavy atom. The van der Waals surface area contributed by atoms with Gasteiger partial charge in [-0.1, -0.05) is 6.07 Å². The SMILES string of the molecule is Cn1c(=O)n(C2CCC(=O)NC2=O)c2ccc(-c3cnn(CC4CCNCC4)c3)cc21. The molecular weight excluding hydrogens is 396 g/mol. The molecule has 2 N–H and O–H groups in total. The van der Waals surface area contributed by atoms with E-state index < -0.39 is 11.9 Å². The highest BCUT2D eigenvalue weighted by Gasteiger charge is 2.31. The minimum atomic E-state index is -0.674. The first kappa shape index (κ1) is 19.7. The van der Waals surface area contributed by atoms with E-state index in [-0.39, 0.29) is 18.0 Å². The van der Waals surface area contributed by atoms with Crippen molar-refractivity contribution in [2.45, 2.75) is 38.3 Å². The lowest BCUT2D eigenvalue weighted by Gasteiger charge is -2.22. The van der Waals surface area contributed by atoms with Gasteiger partial charge in [0.15, 0.2) is 0 Å². The van der Waals surface area contributed by atoms with Crippen molar-refractivity contribution in [3.63, 3.8) is 0 Å². The first-order chi connectivity index (χ1) is 15.0. The van der Waals surface area contributed by atoms with E-state index in [0.29, 0.717) is 17.9 Å². The Bertz CT molecular complexity index is 1210. The Labute approximate surface area is 179 Å². The van der Waals surface area contributed by atoms with Gasteiger partial charge < -0.3 is 5.32 Å². The number of imide groups is 1. The van der Waals surface area contributed by atoms with E-state index in [1.807, 2.05) is 29.1 Å². The summed E-state index contributed by atoms with van der Waals surface area (Å²) in [7, 11) is 1.71. The van der Waals surface area contributed by atoms with Gasteiger partial charge in [0.1, 0.15) is 6.04 Å². The number of aryl methyl sites for hydroxylation is 1.